The van der Waals surface area contributed by atoms with E-state index in [4.69, 9.17) is 0 Å². The average molecular weight is 274 g/mol. The second kappa shape index (κ2) is 4.45. The van der Waals surface area contributed by atoms with E-state index in [2.05, 4.69) is 4.98 Å². The van der Waals surface area contributed by atoms with Crippen LogP contribution < -0.4 is 5.32 Å². The highest BCUT2D eigenvalue weighted by atomic mass is 32.2. The fourth-order valence-corrected chi connectivity index (χ4v) is 2.00. The predicted molar refractivity (Wildman–Crippen MR) is 58.3 cm³/mol. The van der Waals surface area contributed by atoms with Gasteiger partial charge in [0.05, 0.1) is 10.5 Å². The Morgan fingerprint density at radius 3 is 2.61 bits per heavy atom. The summed E-state index contributed by atoms with van der Waals surface area (Å²) in [7, 11) is 0. The number of rotatable bonds is 1. The molecule has 1 aromatic heterocycles. The molecule has 0 aliphatic carbocycles. The Labute approximate surface area is 103 Å². The molecule has 2 amide bonds. The summed E-state index contributed by atoms with van der Waals surface area (Å²) in [6.07, 6.45) is -1.69. The first-order valence-electron chi connectivity index (χ1n) is 4.64. The van der Waals surface area contributed by atoms with Crippen molar-refractivity contribution in [3.05, 3.63) is 34.5 Å². The molecule has 2 rings (SSSR count). The van der Waals surface area contributed by atoms with E-state index in [9.17, 15) is 22.8 Å². The Morgan fingerprint density at radius 2 is 2.06 bits per heavy atom. The van der Waals surface area contributed by atoms with E-state index in [0.717, 1.165) is 12.1 Å². The maximum absolute atomic E-state index is 12.7. The summed E-state index contributed by atoms with van der Waals surface area (Å²) in [5.41, 5.74) is -1.16. The van der Waals surface area contributed by atoms with Crippen molar-refractivity contribution in [1.29, 1.82) is 0 Å². The summed E-state index contributed by atoms with van der Waals surface area (Å²) in [4.78, 5) is 25.4. The van der Waals surface area contributed by atoms with Crippen LogP contribution in [0.5, 0.6) is 0 Å². The Balaban J connectivity index is 2.44. The summed E-state index contributed by atoms with van der Waals surface area (Å²) in [6.45, 7) is 0. The van der Waals surface area contributed by atoms with E-state index in [1.165, 1.54) is 6.20 Å². The number of imide groups is 1. The van der Waals surface area contributed by atoms with E-state index < -0.39 is 22.9 Å². The van der Waals surface area contributed by atoms with Crippen LogP contribution in [0.4, 0.5) is 18.0 Å². The highest BCUT2D eigenvalue weighted by Gasteiger charge is 2.34. The number of halogens is 3. The molecule has 1 aromatic rings. The van der Waals surface area contributed by atoms with Gasteiger partial charge in [-0.3, -0.25) is 19.9 Å². The van der Waals surface area contributed by atoms with Crippen molar-refractivity contribution in [2.75, 3.05) is 0 Å². The van der Waals surface area contributed by atoms with E-state index in [1.54, 1.807) is 0 Å². The van der Waals surface area contributed by atoms with Crippen LogP contribution in [0, 0.1) is 0 Å². The minimum atomic E-state index is -4.57. The van der Waals surface area contributed by atoms with Gasteiger partial charge < -0.3 is 0 Å². The van der Waals surface area contributed by atoms with Crippen LogP contribution in [0.1, 0.15) is 11.1 Å². The maximum atomic E-state index is 12.7. The van der Waals surface area contributed by atoms with E-state index in [-0.39, 0.29) is 10.5 Å². The standard InChI is InChI=1S/C10H5F3N2O2S/c11-10(12,13)6-4-14-2-1-5(6)3-7-8(16)15-9(17)18-7/h1-4H,(H,15,16,17)/b7-3-. The van der Waals surface area contributed by atoms with Gasteiger partial charge in [0.25, 0.3) is 11.1 Å². The van der Waals surface area contributed by atoms with Gasteiger partial charge in [0.15, 0.2) is 0 Å². The average Bonchev–Trinajstić information content (AvgIpc) is 2.57. The molecule has 18 heavy (non-hydrogen) atoms. The van der Waals surface area contributed by atoms with Crippen LogP contribution in [-0.4, -0.2) is 16.1 Å². The molecule has 0 radical (unpaired) electrons. The molecule has 0 aromatic carbocycles. The van der Waals surface area contributed by atoms with Crippen molar-refractivity contribution >= 4 is 29.0 Å². The lowest BCUT2D eigenvalue weighted by molar-refractivity contribution is -0.138. The fraction of sp³-hybridized carbons (Fsp3) is 0.100. The number of nitrogens with one attached hydrogen (secondary N) is 1. The molecule has 0 saturated carbocycles. The summed E-state index contributed by atoms with van der Waals surface area (Å²) in [5, 5.41) is 1.36. The highest BCUT2D eigenvalue weighted by molar-refractivity contribution is 8.18. The molecule has 0 unspecified atom stereocenters. The van der Waals surface area contributed by atoms with Gasteiger partial charge in [0, 0.05) is 12.4 Å². The number of amides is 2. The molecular weight excluding hydrogens is 269 g/mol. The van der Waals surface area contributed by atoms with Crippen molar-refractivity contribution in [3.63, 3.8) is 0 Å². The molecule has 1 N–H and O–H groups in total. The van der Waals surface area contributed by atoms with Gasteiger partial charge in [0.1, 0.15) is 0 Å². The first kappa shape index (κ1) is 12.6. The summed E-state index contributed by atoms with van der Waals surface area (Å²) < 4.78 is 38.0. The van der Waals surface area contributed by atoms with Crippen molar-refractivity contribution in [1.82, 2.24) is 10.3 Å². The smallest absolute Gasteiger partial charge is 0.282 e. The first-order valence-corrected chi connectivity index (χ1v) is 5.45. The number of pyridine rings is 1. The molecule has 8 heteroatoms. The zero-order valence-electron chi connectivity index (χ0n) is 8.62. The van der Waals surface area contributed by atoms with Crippen molar-refractivity contribution < 1.29 is 22.8 Å². The number of thioether (sulfide) groups is 1. The molecule has 1 fully saturated rings. The largest absolute Gasteiger partial charge is 0.418 e. The second-order valence-corrected chi connectivity index (χ2v) is 4.33. The van der Waals surface area contributed by atoms with Crippen LogP contribution in [0.15, 0.2) is 23.4 Å². The van der Waals surface area contributed by atoms with Gasteiger partial charge >= 0.3 is 6.18 Å². The third-order valence-corrected chi connectivity index (χ3v) is 2.90. The van der Waals surface area contributed by atoms with Crippen molar-refractivity contribution in [2.24, 2.45) is 0 Å². The number of nitrogens with zero attached hydrogens (tertiary/aromatic N) is 1. The van der Waals surface area contributed by atoms with Crippen LogP contribution in [-0.2, 0) is 11.0 Å². The van der Waals surface area contributed by atoms with E-state index in [1.807, 2.05) is 5.32 Å². The van der Waals surface area contributed by atoms with Crippen LogP contribution in [0.3, 0.4) is 0 Å². The zero-order valence-corrected chi connectivity index (χ0v) is 9.43. The van der Waals surface area contributed by atoms with E-state index >= 15 is 0 Å². The Morgan fingerprint density at radius 1 is 1.33 bits per heavy atom. The van der Waals surface area contributed by atoms with Gasteiger partial charge in [-0.05, 0) is 29.5 Å². The maximum Gasteiger partial charge on any atom is 0.418 e. The topological polar surface area (TPSA) is 59.1 Å². The van der Waals surface area contributed by atoms with Crippen LogP contribution in [0.2, 0.25) is 0 Å². The van der Waals surface area contributed by atoms with Gasteiger partial charge in [-0.15, -0.1) is 0 Å². The summed E-state index contributed by atoms with van der Waals surface area (Å²) >= 11 is 0.562. The fourth-order valence-electron chi connectivity index (χ4n) is 1.33. The molecule has 1 aliphatic heterocycles. The van der Waals surface area contributed by atoms with Crippen molar-refractivity contribution in [3.8, 4) is 0 Å². The minimum absolute atomic E-state index is 0.0725. The molecule has 4 nitrogen and oxygen atoms in total. The number of hydrogen-bond donors (Lipinski definition) is 1. The van der Waals surface area contributed by atoms with Gasteiger partial charge in [0.2, 0.25) is 0 Å². The Kier molecular flexibility index (Phi) is 3.12. The predicted octanol–water partition coefficient (Wildman–Crippen LogP) is 2.42. The molecular formula is C10H5F3N2O2S. The lowest BCUT2D eigenvalue weighted by Gasteiger charge is -2.09. The molecule has 0 bridgehead atoms. The third-order valence-electron chi connectivity index (χ3n) is 2.09. The van der Waals surface area contributed by atoms with Crippen LogP contribution >= 0.6 is 11.8 Å². The highest BCUT2D eigenvalue weighted by Crippen LogP contribution is 2.34. The number of alkyl halides is 3. The quantitative estimate of drug-likeness (QED) is 0.799. The first-order chi connectivity index (χ1) is 8.38. The number of aromatic nitrogens is 1. The third kappa shape index (κ3) is 2.53. The van der Waals surface area contributed by atoms with Gasteiger partial charge in [-0.1, -0.05) is 0 Å². The van der Waals surface area contributed by atoms with Gasteiger partial charge in [-0.25, -0.2) is 0 Å². The lowest BCUT2D eigenvalue weighted by Crippen LogP contribution is -2.18. The second-order valence-electron chi connectivity index (χ2n) is 3.31. The Bertz CT molecular complexity index is 554. The Hall–Kier alpha value is -1.83. The number of hydrogen-bond acceptors (Lipinski definition) is 4. The number of carbonyl (C=O) groups excluding carboxylic acids is 2. The zero-order chi connectivity index (χ0) is 13.3. The molecule has 94 valence electrons. The van der Waals surface area contributed by atoms with Crippen molar-refractivity contribution in [2.45, 2.75) is 6.18 Å². The minimum Gasteiger partial charge on any atom is -0.282 e. The summed E-state index contributed by atoms with van der Waals surface area (Å²) in [6, 6.07) is 1.13. The SMILES string of the molecule is O=C1NC(=O)/C(=C/c2ccncc2C(F)(F)F)S1. The molecule has 0 spiro atoms. The molecule has 2 heterocycles. The molecule has 1 aliphatic rings. The lowest BCUT2D eigenvalue weighted by atomic mass is 10.1. The number of carbonyl (C=O) groups is 2. The van der Waals surface area contributed by atoms with Crippen LogP contribution in [0.25, 0.3) is 6.08 Å². The summed E-state index contributed by atoms with van der Waals surface area (Å²) in [5.74, 6) is -0.699. The normalized spacial score (nSPS) is 18.3. The molecule has 0 atom stereocenters. The van der Waals surface area contributed by atoms with E-state index in [0.29, 0.717) is 18.0 Å². The monoisotopic (exact) mass is 274 g/mol. The molecule has 1 saturated heterocycles. The van der Waals surface area contributed by atoms with Gasteiger partial charge in [-0.2, -0.15) is 13.2 Å².